The number of hydrogen-bond acceptors (Lipinski definition) is 6. The summed E-state index contributed by atoms with van der Waals surface area (Å²) >= 11 is 13.7. The van der Waals surface area contributed by atoms with E-state index < -0.39 is 0 Å². The molecule has 38 heavy (non-hydrogen) atoms. The molecule has 0 spiro atoms. The first-order chi connectivity index (χ1) is 18.2. The van der Waals surface area contributed by atoms with Crippen LogP contribution in [0.25, 0.3) is 10.9 Å². The second-order valence-electron chi connectivity index (χ2n) is 8.56. The van der Waals surface area contributed by atoms with Crippen LogP contribution in [0.2, 0.25) is 5.02 Å². The van der Waals surface area contributed by atoms with Crippen LogP contribution in [0.5, 0.6) is 11.5 Å². The zero-order chi connectivity index (χ0) is 27.4. The summed E-state index contributed by atoms with van der Waals surface area (Å²) in [6, 6.07) is 16.5. The highest BCUT2D eigenvalue weighted by atomic mass is 79.9. The Morgan fingerprint density at radius 3 is 2.66 bits per heavy atom. The van der Waals surface area contributed by atoms with E-state index in [0.29, 0.717) is 50.4 Å². The van der Waals surface area contributed by atoms with Crippen LogP contribution in [-0.4, -0.2) is 22.5 Å². The van der Waals surface area contributed by atoms with Gasteiger partial charge in [-0.2, -0.15) is 15.0 Å². The summed E-state index contributed by atoms with van der Waals surface area (Å²) in [5.74, 6) is 1.23. The van der Waals surface area contributed by atoms with E-state index in [4.69, 9.17) is 21.1 Å². The van der Waals surface area contributed by atoms with Gasteiger partial charge in [0.15, 0.2) is 11.5 Å². The van der Waals surface area contributed by atoms with Crippen LogP contribution in [0.3, 0.4) is 0 Å². The predicted molar refractivity (Wildman–Crippen MR) is 157 cm³/mol. The maximum Gasteiger partial charge on any atom is 0.282 e. The Labute approximate surface area is 241 Å². The number of nitrogens with zero attached hydrogens (tertiary/aromatic N) is 4. The Morgan fingerprint density at radius 1 is 1.18 bits per heavy atom. The molecule has 194 valence electrons. The van der Waals surface area contributed by atoms with Gasteiger partial charge in [0.25, 0.3) is 5.56 Å². The van der Waals surface area contributed by atoms with Gasteiger partial charge in [-0.15, -0.1) is 0 Å². The first-order valence-electron chi connectivity index (χ1n) is 11.8. The van der Waals surface area contributed by atoms with E-state index in [9.17, 15) is 10.1 Å². The van der Waals surface area contributed by atoms with Crippen molar-refractivity contribution in [2.75, 3.05) is 6.61 Å². The van der Waals surface area contributed by atoms with Gasteiger partial charge in [-0.1, -0.05) is 59.6 Å². The Hall–Kier alpha value is -3.19. The largest absolute Gasteiger partial charge is 0.490 e. The van der Waals surface area contributed by atoms with Crippen LogP contribution >= 0.6 is 43.5 Å². The van der Waals surface area contributed by atoms with E-state index in [-0.39, 0.29) is 23.1 Å². The number of halogens is 3. The number of aromatic nitrogens is 2. The molecule has 4 aromatic rings. The minimum atomic E-state index is -0.278. The number of nitriles is 1. The van der Waals surface area contributed by atoms with E-state index in [1.807, 2.05) is 39.0 Å². The Morgan fingerprint density at radius 2 is 1.95 bits per heavy atom. The van der Waals surface area contributed by atoms with Crippen LogP contribution in [-0.2, 0) is 6.61 Å². The summed E-state index contributed by atoms with van der Waals surface area (Å²) < 4.78 is 14.5. The van der Waals surface area contributed by atoms with Crippen molar-refractivity contribution in [1.29, 1.82) is 5.26 Å². The predicted octanol–water partition coefficient (Wildman–Crippen LogP) is 7.43. The molecule has 0 atom stereocenters. The second-order valence-corrected chi connectivity index (χ2v) is 10.6. The molecule has 0 N–H and O–H groups in total. The van der Waals surface area contributed by atoms with Crippen molar-refractivity contribution in [3.05, 3.63) is 95.4 Å². The first-order valence-corrected chi connectivity index (χ1v) is 13.7. The third-order valence-corrected chi connectivity index (χ3v) is 7.56. The first kappa shape index (κ1) is 27.8. The summed E-state index contributed by atoms with van der Waals surface area (Å²) in [6.45, 7) is 6.27. The van der Waals surface area contributed by atoms with Crippen molar-refractivity contribution in [3.8, 4) is 17.6 Å². The fourth-order valence-electron chi connectivity index (χ4n) is 3.77. The molecule has 0 radical (unpaired) electrons. The maximum absolute atomic E-state index is 13.4. The van der Waals surface area contributed by atoms with Gasteiger partial charge in [0.2, 0.25) is 0 Å². The van der Waals surface area contributed by atoms with Crippen molar-refractivity contribution in [1.82, 2.24) is 9.66 Å². The summed E-state index contributed by atoms with van der Waals surface area (Å²) in [5, 5.41) is 14.6. The zero-order valence-electron chi connectivity index (χ0n) is 20.8. The van der Waals surface area contributed by atoms with E-state index in [1.165, 1.54) is 10.9 Å². The minimum Gasteiger partial charge on any atom is -0.490 e. The Bertz CT molecular complexity index is 1640. The number of benzene rings is 3. The molecule has 4 rings (SSSR count). The summed E-state index contributed by atoms with van der Waals surface area (Å²) in [6.07, 6.45) is 1.53. The van der Waals surface area contributed by atoms with E-state index >= 15 is 0 Å². The van der Waals surface area contributed by atoms with Gasteiger partial charge >= 0.3 is 0 Å². The van der Waals surface area contributed by atoms with Crippen LogP contribution in [0.4, 0.5) is 0 Å². The van der Waals surface area contributed by atoms with Crippen molar-refractivity contribution in [3.63, 3.8) is 0 Å². The Kier molecular flexibility index (Phi) is 8.87. The number of fused-ring (bicyclic) bond motifs is 1. The highest BCUT2D eigenvalue weighted by Crippen LogP contribution is 2.42. The molecule has 0 aliphatic carbocycles. The van der Waals surface area contributed by atoms with Gasteiger partial charge in [0.05, 0.1) is 35.4 Å². The SMILES string of the molecule is CCOc1cc(C=Nn2c(C(C)C)nc3ccc(Br)cc3c2=O)c(Br)c(Cl)c1OCc1ccccc1C#N. The Balaban J connectivity index is 1.76. The van der Waals surface area contributed by atoms with Gasteiger partial charge in [0.1, 0.15) is 17.5 Å². The van der Waals surface area contributed by atoms with Crippen LogP contribution < -0.4 is 15.0 Å². The van der Waals surface area contributed by atoms with Crippen molar-refractivity contribution < 1.29 is 9.47 Å². The van der Waals surface area contributed by atoms with E-state index in [0.717, 1.165) is 10.0 Å². The van der Waals surface area contributed by atoms with Gasteiger partial charge in [-0.25, -0.2) is 4.98 Å². The molecule has 1 aromatic heterocycles. The van der Waals surface area contributed by atoms with Crippen LogP contribution in [0, 0.1) is 11.3 Å². The standard InChI is InChI=1S/C28H23Br2ClN4O3/c1-4-37-23-11-19(24(30)25(31)26(23)38-15-18-8-6-5-7-17(18)13-32)14-33-35-27(16(2)3)34-22-10-9-20(29)12-21(22)28(35)36/h5-12,14,16H,4,15H2,1-3H3. The molecule has 0 aliphatic rings. The molecule has 0 amide bonds. The maximum atomic E-state index is 13.4. The molecular formula is C28H23Br2ClN4O3. The van der Waals surface area contributed by atoms with E-state index in [2.05, 4.69) is 48.0 Å². The molecule has 0 bridgehead atoms. The summed E-state index contributed by atoms with van der Waals surface area (Å²) in [7, 11) is 0. The smallest absolute Gasteiger partial charge is 0.282 e. The monoisotopic (exact) mass is 656 g/mol. The quantitative estimate of drug-likeness (QED) is 0.184. The third kappa shape index (κ3) is 5.78. The number of rotatable bonds is 8. The molecule has 3 aromatic carbocycles. The fourth-order valence-corrected chi connectivity index (χ4v) is 4.79. The normalized spacial score (nSPS) is 11.3. The highest BCUT2D eigenvalue weighted by molar-refractivity contribution is 9.10. The molecule has 7 nitrogen and oxygen atoms in total. The number of ether oxygens (including phenoxy) is 2. The number of hydrogen-bond donors (Lipinski definition) is 0. The van der Waals surface area contributed by atoms with Crippen molar-refractivity contribution in [2.45, 2.75) is 33.3 Å². The third-order valence-electron chi connectivity index (χ3n) is 5.63. The minimum absolute atomic E-state index is 0.0500. The average molecular weight is 659 g/mol. The molecule has 1 heterocycles. The van der Waals surface area contributed by atoms with Gasteiger partial charge < -0.3 is 9.47 Å². The summed E-state index contributed by atoms with van der Waals surface area (Å²) in [4.78, 5) is 18.0. The van der Waals surface area contributed by atoms with Gasteiger partial charge in [-0.05, 0) is 53.2 Å². The molecule has 0 saturated carbocycles. The zero-order valence-corrected chi connectivity index (χ0v) is 24.8. The lowest BCUT2D eigenvalue weighted by Gasteiger charge is -2.17. The van der Waals surface area contributed by atoms with Gasteiger partial charge in [0, 0.05) is 26.0 Å². The molecule has 10 heteroatoms. The highest BCUT2D eigenvalue weighted by Gasteiger charge is 2.19. The molecule has 0 unspecified atom stereocenters. The fraction of sp³-hybridized carbons (Fsp3) is 0.214. The lowest BCUT2D eigenvalue weighted by Crippen LogP contribution is -2.23. The topological polar surface area (TPSA) is 89.5 Å². The molecule has 0 fully saturated rings. The van der Waals surface area contributed by atoms with Gasteiger partial charge in [-0.3, -0.25) is 4.79 Å². The second kappa shape index (κ2) is 12.1. The van der Waals surface area contributed by atoms with Crippen LogP contribution in [0.15, 0.2) is 67.4 Å². The van der Waals surface area contributed by atoms with E-state index in [1.54, 1.807) is 30.3 Å². The lowest BCUT2D eigenvalue weighted by molar-refractivity contribution is 0.269. The van der Waals surface area contributed by atoms with Crippen LogP contribution in [0.1, 0.15) is 49.2 Å². The molecule has 0 saturated heterocycles. The lowest BCUT2D eigenvalue weighted by atomic mass is 10.1. The van der Waals surface area contributed by atoms with Crippen molar-refractivity contribution >= 4 is 60.6 Å². The molecular weight excluding hydrogens is 636 g/mol. The van der Waals surface area contributed by atoms with Crippen molar-refractivity contribution in [2.24, 2.45) is 5.10 Å². The average Bonchev–Trinajstić information content (AvgIpc) is 2.90. The molecule has 0 aliphatic heterocycles. The summed E-state index contributed by atoms with van der Waals surface area (Å²) in [5.41, 5.74) is 2.16.